The highest BCUT2D eigenvalue weighted by Gasteiger charge is 2.35. The van der Waals surface area contributed by atoms with E-state index in [0.717, 1.165) is 9.87 Å². The van der Waals surface area contributed by atoms with Crippen LogP contribution in [0.1, 0.15) is 11.1 Å². The van der Waals surface area contributed by atoms with E-state index in [0.29, 0.717) is 5.56 Å². The molecule has 2 heterocycles. The van der Waals surface area contributed by atoms with Gasteiger partial charge in [-0.15, -0.1) is 0 Å². The second-order valence-electron chi connectivity index (χ2n) is 4.90. The number of nitrogens with zero attached hydrogens (tertiary/aromatic N) is 2. The number of pyridine rings is 1. The molecule has 1 fully saturated rings. The van der Waals surface area contributed by atoms with Crippen LogP contribution in [0.3, 0.4) is 0 Å². The van der Waals surface area contributed by atoms with Crippen LogP contribution in [0.25, 0.3) is 12.2 Å². The number of carbonyl (C=O) groups excluding carboxylic acids is 1. The predicted octanol–water partition coefficient (Wildman–Crippen LogP) is 1.14. The topological polar surface area (TPSA) is 99.6 Å². The van der Waals surface area contributed by atoms with E-state index in [2.05, 4.69) is 4.98 Å². The first-order valence-corrected chi connectivity index (χ1v) is 8.14. The second kappa shape index (κ2) is 5.73. The minimum absolute atomic E-state index is 0.0573. The number of benzene rings is 1. The Morgan fingerprint density at radius 1 is 1.22 bits per heavy atom. The monoisotopic (exact) mass is 331 g/mol. The van der Waals surface area contributed by atoms with Gasteiger partial charge in [0.25, 0.3) is 5.91 Å². The number of phenolic OH excluding ortho intramolecular Hbond substituents is 1. The first-order chi connectivity index (χ1) is 11.0. The molecular formula is C15H13N3O4S. The Bertz CT molecular complexity index is 879. The zero-order valence-electron chi connectivity index (χ0n) is 11.9. The summed E-state index contributed by atoms with van der Waals surface area (Å²) in [6.07, 6.45) is 6.95. The van der Waals surface area contributed by atoms with E-state index in [-0.39, 0.29) is 18.0 Å². The number of aromatic nitrogens is 1. The molecule has 0 bridgehead atoms. The van der Waals surface area contributed by atoms with Gasteiger partial charge in [0.05, 0.1) is 5.69 Å². The standard InChI is InChI=1S/C15H13N3O4S/c19-14-8-11(3-4-12-2-1-7-16-9-12)5-6-13(14)18-10-15(20)17-23(18,21)22/h1-9,19H,10H2,(H,17,20)/b4-3+. The third-order valence-corrected chi connectivity index (χ3v) is 4.63. The van der Waals surface area contributed by atoms with Gasteiger partial charge in [-0.3, -0.25) is 9.78 Å². The van der Waals surface area contributed by atoms with Crippen LogP contribution in [0.2, 0.25) is 0 Å². The van der Waals surface area contributed by atoms with Crippen LogP contribution in [0.15, 0.2) is 42.7 Å². The van der Waals surface area contributed by atoms with Crippen LogP contribution in [0, 0.1) is 0 Å². The summed E-state index contributed by atoms with van der Waals surface area (Å²) in [6.45, 7) is -0.346. The van der Waals surface area contributed by atoms with Crippen LogP contribution in [0.4, 0.5) is 5.69 Å². The van der Waals surface area contributed by atoms with Crippen molar-refractivity contribution in [3.05, 3.63) is 53.9 Å². The summed E-state index contributed by atoms with van der Waals surface area (Å²) >= 11 is 0. The van der Waals surface area contributed by atoms with Gasteiger partial charge in [0.15, 0.2) is 0 Å². The zero-order valence-corrected chi connectivity index (χ0v) is 12.7. The van der Waals surface area contributed by atoms with Gasteiger partial charge in [0.1, 0.15) is 12.3 Å². The Balaban J connectivity index is 1.87. The molecule has 0 atom stereocenters. The van der Waals surface area contributed by atoms with E-state index in [1.165, 1.54) is 12.1 Å². The van der Waals surface area contributed by atoms with Crippen molar-refractivity contribution in [1.82, 2.24) is 9.71 Å². The van der Waals surface area contributed by atoms with E-state index in [1.807, 2.05) is 22.9 Å². The second-order valence-corrected chi connectivity index (χ2v) is 6.50. The first kappa shape index (κ1) is 15.0. The fourth-order valence-electron chi connectivity index (χ4n) is 2.18. The van der Waals surface area contributed by atoms with E-state index in [4.69, 9.17) is 0 Å². The Morgan fingerprint density at radius 3 is 2.61 bits per heavy atom. The van der Waals surface area contributed by atoms with Gasteiger partial charge in [0.2, 0.25) is 0 Å². The van der Waals surface area contributed by atoms with Gasteiger partial charge in [-0.1, -0.05) is 24.3 Å². The van der Waals surface area contributed by atoms with Crippen molar-refractivity contribution >= 4 is 34.0 Å². The number of hydrogen-bond donors (Lipinski definition) is 2. The van der Waals surface area contributed by atoms with Gasteiger partial charge < -0.3 is 5.11 Å². The lowest BCUT2D eigenvalue weighted by molar-refractivity contribution is -0.117. The van der Waals surface area contributed by atoms with Crippen LogP contribution < -0.4 is 9.03 Å². The van der Waals surface area contributed by atoms with Crippen LogP contribution in [0.5, 0.6) is 5.75 Å². The highest BCUT2D eigenvalue weighted by atomic mass is 32.2. The van der Waals surface area contributed by atoms with Gasteiger partial charge >= 0.3 is 10.2 Å². The molecule has 0 spiro atoms. The number of rotatable bonds is 3. The van der Waals surface area contributed by atoms with Crippen LogP contribution in [-0.4, -0.2) is 31.0 Å². The Labute approximate surface area is 133 Å². The maximum Gasteiger partial charge on any atom is 0.326 e. The number of nitrogens with one attached hydrogen (secondary N) is 1. The van der Waals surface area contributed by atoms with E-state index in [1.54, 1.807) is 24.5 Å². The Hall–Kier alpha value is -2.87. The molecule has 23 heavy (non-hydrogen) atoms. The lowest BCUT2D eigenvalue weighted by atomic mass is 10.1. The van der Waals surface area contributed by atoms with Crippen LogP contribution >= 0.6 is 0 Å². The number of amides is 1. The molecule has 0 radical (unpaired) electrons. The first-order valence-electron chi connectivity index (χ1n) is 6.70. The lowest BCUT2D eigenvalue weighted by Gasteiger charge is -2.16. The average molecular weight is 331 g/mol. The fourth-order valence-corrected chi connectivity index (χ4v) is 3.35. The largest absolute Gasteiger partial charge is 0.506 e. The maximum atomic E-state index is 11.8. The quantitative estimate of drug-likeness (QED) is 0.878. The number of phenols is 1. The smallest absolute Gasteiger partial charge is 0.326 e. The van der Waals surface area contributed by atoms with Crippen molar-refractivity contribution in [2.24, 2.45) is 0 Å². The van der Waals surface area contributed by atoms with Crippen molar-refractivity contribution in [2.45, 2.75) is 0 Å². The molecule has 8 heteroatoms. The molecule has 7 nitrogen and oxygen atoms in total. The molecule has 1 aliphatic rings. The average Bonchev–Trinajstić information content (AvgIpc) is 2.79. The highest BCUT2D eigenvalue weighted by molar-refractivity contribution is 7.92. The number of anilines is 1. The number of aromatic hydroxyl groups is 1. The van der Waals surface area contributed by atoms with Gasteiger partial charge in [-0.25, -0.2) is 9.03 Å². The summed E-state index contributed by atoms with van der Waals surface area (Å²) in [6, 6.07) is 8.23. The molecule has 118 valence electrons. The summed E-state index contributed by atoms with van der Waals surface area (Å²) in [5, 5.41) is 10.1. The molecule has 0 saturated carbocycles. The molecule has 0 aliphatic carbocycles. The van der Waals surface area contributed by atoms with Crippen LogP contribution in [-0.2, 0) is 15.0 Å². The van der Waals surface area contributed by atoms with Crippen molar-refractivity contribution in [2.75, 3.05) is 10.8 Å². The summed E-state index contributed by atoms with van der Waals surface area (Å²) in [5.41, 5.74) is 1.64. The zero-order chi connectivity index (χ0) is 16.4. The van der Waals surface area contributed by atoms with Crippen molar-refractivity contribution in [3.63, 3.8) is 0 Å². The third-order valence-electron chi connectivity index (χ3n) is 3.24. The third kappa shape index (κ3) is 3.16. The van der Waals surface area contributed by atoms with E-state index in [9.17, 15) is 18.3 Å². The molecule has 1 aromatic heterocycles. The molecule has 1 amide bonds. The summed E-state index contributed by atoms with van der Waals surface area (Å²) in [7, 11) is -3.93. The van der Waals surface area contributed by atoms with Gasteiger partial charge in [0, 0.05) is 12.4 Å². The fraction of sp³-hybridized carbons (Fsp3) is 0.0667. The van der Waals surface area contributed by atoms with Gasteiger partial charge in [-0.2, -0.15) is 8.42 Å². The van der Waals surface area contributed by atoms with Crippen molar-refractivity contribution in [1.29, 1.82) is 0 Å². The predicted molar refractivity (Wildman–Crippen MR) is 85.7 cm³/mol. The van der Waals surface area contributed by atoms with Crippen molar-refractivity contribution in [3.8, 4) is 5.75 Å². The SMILES string of the molecule is O=C1CN(c2ccc(/C=C/c3cccnc3)cc2O)S(=O)(=O)N1. The molecule has 1 aromatic carbocycles. The number of hydrogen-bond acceptors (Lipinski definition) is 5. The summed E-state index contributed by atoms with van der Waals surface area (Å²) < 4.78 is 26.3. The molecule has 0 unspecified atom stereocenters. The molecule has 3 rings (SSSR count). The molecule has 2 aromatic rings. The minimum Gasteiger partial charge on any atom is -0.506 e. The number of carbonyl (C=O) groups is 1. The molecule has 1 saturated heterocycles. The Kier molecular flexibility index (Phi) is 3.75. The van der Waals surface area contributed by atoms with Gasteiger partial charge in [-0.05, 0) is 29.3 Å². The van der Waals surface area contributed by atoms with E-state index < -0.39 is 16.1 Å². The summed E-state index contributed by atoms with van der Waals surface area (Å²) in [4.78, 5) is 15.2. The highest BCUT2D eigenvalue weighted by Crippen LogP contribution is 2.31. The summed E-state index contributed by atoms with van der Waals surface area (Å²) in [5.74, 6) is -0.858. The molecular weight excluding hydrogens is 318 g/mol. The normalized spacial score (nSPS) is 16.7. The minimum atomic E-state index is -3.93. The Morgan fingerprint density at radius 2 is 2.00 bits per heavy atom. The lowest BCUT2D eigenvalue weighted by Crippen LogP contribution is -2.29. The molecule has 1 aliphatic heterocycles. The van der Waals surface area contributed by atoms with Crippen molar-refractivity contribution < 1.29 is 18.3 Å². The van der Waals surface area contributed by atoms with E-state index >= 15 is 0 Å². The molecule has 2 N–H and O–H groups in total. The maximum absolute atomic E-state index is 11.8.